The van der Waals surface area contributed by atoms with Crippen molar-refractivity contribution in [3.05, 3.63) is 156 Å². The van der Waals surface area contributed by atoms with Gasteiger partial charge in [0.25, 0.3) is 23.6 Å². The zero-order valence-electron chi connectivity index (χ0n) is 37.3. The Labute approximate surface area is 390 Å². The molecule has 68 heavy (non-hydrogen) atoms. The van der Waals surface area contributed by atoms with E-state index in [1.54, 1.807) is 9.80 Å². The van der Waals surface area contributed by atoms with Crippen molar-refractivity contribution >= 4 is 110 Å². The molecule has 0 radical (unpaired) electrons. The Morgan fingerprint density at radius 1 is 0.309 bits per heavy atom. The van der Waals surface area contributed by atoms with Crippen LogP contribution in [0.2, 0.25) is 0 Å². The lowest BCUT2D eigenvalue weighted by atomic mass is 9.80. The number of hydrogen-bond acceptors (Lipinski definition) is 4. The van der Waals surface area contributed by atoms with E-state index in [9.17, 15) is 0 Å². The minimum absolute atomic E-state index is 0.169. The van der Waals surface area contributed by atoms with Crippen molar-refractivity contribution in [3.8, 4) is 11.4 Å². The minimum atomic E-state index is -0.252. The van der Waals surface area contributed by atoms with Crippen LogP contribution in [-0.4, -0.2) is 54.6 Å². The maximum absolute atomic E-state index is 15.5. The summed E-state index contributed by atoms with van der Waals surface area (Å²) >= 11 is 0. The average molecular weight is 885 g/mol. The van der Waals surface area contributed by atoms with Gasteiger partial charge in [0.15, 0.2) is 0 Å². The molecule has 2 fully saturated rings. The van der Waals surface area contributed by atoms with Crippen LogP contribution in [0.3, 0.4) is 0 Å². The van der Waals surface area contributed by atoms with Gasteiger partial charge in [-0.05, 0) is 85.0 Å². The van der Waals surface area contributed by atoms with Crippen molar-refractivity contribution in [2.75, 3.05) is 0 Å². The molecule has 15 rings (SSSR count). The summed E-state index contributed by atoms with van der Waals surface area (Å²) in [6.45, 7) is 0. The van der Waals surface area contributed by atoms with E-state index in [1.165, 1.54) is 0 Å². The van der Waals surface area contributed by atoms with E-state index in [-0.39, 0.29) is 35.7 Å². The highest BCUT2D eigenvalue weighted by Crippen LogP contribution is 2.52. The van der Waals surface area contributed by atoms with Crippen molar-refractivity contribution in [3.63, 3.8) is 0 Å². The number of carbonyl (C=O) groups excluding carboxylic acids is 4. The summed E-state index contributed by atoms with van der Waals surface area (Å²) < 4.78 is 4.58. The number of imide groups is 2. The molecule has 0 saturated heterocycles. The number of rotatable bonds is 4. The largest absolute Gasteiger partial charge is 0.309 e. The van der Waals surface area contributed by atoms with Crippen LogP contribution in [-0.2, 0) is 0 Å². The Kier molecular flexibility index (Phi) is 7.80. The van der Waals surface area contributed by atoms with Gasteiger partial charge in [0, 0.05) is 77.1 Å². The fraction of sp³-hybridized carbons (Fsp3) is 0.200. The minimum Gasteiger partial charge on any atom is -0.309 e. The van der Waals surface area contributed by atoms with Crippen LogP contribution in [0.4, 0.5) is 0 Å². The molecule has 4 heterocycles. The Morgan fingerprint density at radius 2 is 0.632 bits per heavy atom. The zero-order chi connectivity index (χ0) is 45.1. The van der Waals surface area contributed by atoms with Crippen LogP contribution in [0.15, 0.2) is 133 Å². The Balaban J connectivity index is 1.17. The number of amides is 4. The number of para-hydroxylation sites is 4. The van der Waals surface area contributed by atoms with Crippen molar-refractivity contribution in [1.82, 2.24) is 18.9 Å². The molecule has 8 heteroatoms. The molecular formula is C60H44N4O4. The molecule has 4 aliphatic rings. The highest BCUT2D eigenvalue weighted by Gasteiger charge is 2.43. The predicted octanol–water partition coefficient (Wildman–Crippen LogP) is 13.8. The first-order chi connectivity index (χ1) is 33.5. The molecule has 4 amide bonds. The predicted molar refractivity (Wildman–Crippen MR) is 271 cm³/mol. The molecule has 11 aromatic rings. The third-order valence-electron chi connectivity index (χ3n) is 16.4. The topological polar surface area (TPSA) is 84.6 Å². The molecule has 0 N–H and O–H groups in total. The van der Waals surface area contributed by atoms with E-state index in [4.69, 9.17) is 0 Å². The molecule has 2 aliphatic heterocycles. The van der Waals surface area contributed by atoms with E-state index >= 15 is 19.2 Å². The quantitative estimate of drug-likeness (QED) is 0.100. The molecule has 0 atom stereocenters. The molecule has 9 aromatic carbocycles. The van der Waals surface area contributed by atoms with Gasteiger partial charge in [-0.25, -0.2) is 0 Å². The third kappa shape index (κ3) is 4.84. The van der Waals surface area contributed by atoms with Gasteiger partial charge < -0.3 is 9.13 Å². The van der Waals surface area contributed by atoms with Crippen molar-refractivity contribution in [2.24, 2.45) is 0 Å². The highest BCUT2D eigenvalue weighted by atomic mass is 16.2. The molecule has 2 saturated carbocycles. The monoisotopic (exact) mass is 884 g/mol. The first kappa shape index (κ1) is 38.3. The number of fused-ring (bicyclic) bond motifs is 8. The van der Waals surface area contributed by atoms with Crippen LogP contribution in [0.1, 0.15) is 106 Å². The van der Waals surface area contributed by atoms with Crippen LogP contribution in [0, 0.1) is 0 Å². The fourth-order valence-electron chi connectivity index (χ4n) is 13.5. The number of nitrogens with zero attached hydrogens (tertiary/aromatic N) is 4. The van der Waals surface area contributed by atoms with Gasteiger partial charge in [-0.3, -0.25) is 29.0 Å². The second-order valence-electron chi connectivity index (χ2n) is 19.7. The normalized spacial score (nSPS) is 17.4. The Hall–Kier alpha value is -7.84. The van der Waals surface area contributed by atoms with Gasteiger partial charge in [0.05, 0.1) is 44.6 Å². The van der Waals surface area contributed by atoms with Crippen molar-refractivity contribution in [2.45, 2.75) is 76.3 Å². The van der Waals surface area contributed by atoms with Gasteiger partial charge in [0.1, 0.15) is 0 Å². The molecular weight excluding hydrogens is 841 g/mol. The van der Waals surface area contributed by atoms with Crippen LogP contribution >= 0.6 is 0 Å². The first-order valence-corrected chi connectivity index (χ1v) is 24.5. The molecule has 2 aromatic heterocycles. The summed E-state index contributed by atoms with van der Waals surface area (Å²) in [5.74, 6) is -0.987. The molecule has 0 spiro atoms. The Morgan fingerprint density at radius 3 is 0.985 bits per heavy atom. The van der Waals surface area contributed by atoms with Crippen LogP contribution in [0.25, 0.3) is 98.1 Å². The van der Waals surface area contributed by atoms with Gasteiger partial charge in [0.2, 0.25) is 0 Å². The summed E-state index contributed by atoms with van der Waals surface area (Å²) in [6.07, 6.45) is 9.30. The average Bonchev–Trinajstić information content (AvgIpc) is 3.90. The number of hydrogen-bond donors (Lipinski definition) is 0. The molecule has 8 nitrogen and oxygen atoms in total. The second kappa shape index (κ2) is 13.9. The van der Waals surface area contributed by atoms with E-state index in [1.807, 2.05) is 24.3 Å². The van der Waals surface area contributed by atoms with E-state index in [2.05, 4.69) is 118 Å². The summed E-state index contributed by atoms with van der Waals surface area (Å²) in [4.78, 5) is 64.2. The maximum Gasteiger partial charge on any atom is 0.261 e. The number of benzene rings is 9. The summed E-state index contributed by atoms with van der Waals surface area (Å²) in [5.41, 5.74) is 7.69. The molecule has 0 bridgehead atoms. The first-order valence-electron chi connectivity index (χ1n) is 24.5. The zero-order valence-corrected chi connectivity index (χ0v) is 37.3. The van der Waals surface area contributed by atoms with Crippen molar-refractivity contribution < 1.29 is 19.2 Å². The van der Waals surface area contributed by atoms with E-state index < -0.39 is 0 Å². The van der Waals surface area contributed by atoms with Gasteiger partial charge >= 0.3 is 0 Å². The van der Waals surface area contributed by atoms with Gasteiger partial charge in [-0.1, -0.05) is 123 Å². The summed E-state index contributed by atoms with van der Waals surface area (Å²) in [6, 6.07) is 45.4. The molecule has 2 aliphatic carbocycles. The van der Waals surface area contributed by atoms with Gasteiger partial charge in [-0.15, -0.1) is 0 Å². The standard InChI is InChI=1S/C60H44N4O4/c65-57-41-29-27-39-54-50(64-47-25-13-9-21-37(47)38-22-10-14-26-48(38)64)32-44-52-42(58(66)62(60(44)68)34-17-5-2-6-18-34)30-28-40(56(52)54)53-49(63-45-23-11-7-19-35(45)36-20-8-12-24-46(36)63)31-43(51(41)55(39)53)59(67)61(57)33-15-3-1-4-16-33/h7-14,19-34H,1-6,15-18H2. The lowest BCUT2D eigenvalue weighted by molar-refractivity contribution is 0.0487. The van der Waals surface area contributed by atoms with Crippen LogP contribution in [0.5, 0.6) is 0 Å². The highest BCUT2D eigenvalue weighted by molar-refractivity contribution is 6.44. The fourth-order valence-corrected chi connectivity index (χ4v) is 13.5. The lowest BCUT2D eigenvalue weighted by Crippen LogP contribution is -2.48. The maximum atomic E-state index is 15.5. The molecule has 0 unspecified atom stereocenters. The number of carbonyl (C=O) groups is 4. The second-order valence-corrected chi connectivity index (χ2v) is 19.7. The summed E-state index contributed by atoms with van der Waals surface area (Å²) in [7, 11) is 0. The summed E-state index contributed by atoms with van der Waals surface area (Å²) in [5, 5.41) is 10.8. The lowest BCUT2D eigenvalue weighted by Gasteiger charge is -2.37. The molecule has 328 valence electrons. The van der Waals surface area contributed by atoms with Crippen molar-refractivity contribution in [1.29, 1.82) is 0 Å². The number of aromatic nitrogens is 2. The SMILES string of the molecule is O=C1c2ccc3c4c(-n5c6ccccc6c6ccccc65)cc5c6c(ccc(c7c(-n8c9ccccc9c9ccccc98)cc(c2c37)C(=O)N1C1CCCCC1)c64)C(=O)N(C1CCCCC1)C5=O. The van der Waals surface area contributed by atoms with E-state index in [0.29, 0.717) is 33.0 Å². The third-order valence-corrected chi connectivity index (χ3v) is 16.4. The Bertz CT molecular complexity index is 3730. The van der Waals surface area contributed by atoms with Crippen LogP contribution < -0.4 is 0 Å². The van der Waals surface area contributed by atoms with E-state index in [0.717, 1.165) is 152 Å². The smallest absolute Gasteiger partial charge is 0.261 e. The van der Waals surface area contributed by atoms with Gasteiger partial charge in [-0.2, -0.15) is 0 Å².